The largest absolute Gasteiger partial charge is 0.479 e. The van der Waals surface area contributed by atoms with Crippen molar-refractivity contribution in [3.63, 3.8) is 0 Å². The van der Waals surface area contributed by atoms with Crippen LogP contribution in [0.1, 0.15) is 10.4 Å². The highest BCUT2D eigenvalue weighted by Crippen LogP contribution is 2.21. The Labute approximate surface area is 121 Å². The summed E-state index contributed by atoms with van der Waals surface area (Å²) in [7, 11) is 0. The van der Waals surface area contributed by atoms with Crippen molar-refractivity contribution < 1.29 is 19.4 Å². The summed E-state index contributed by atoms with van der Waals surface area (Å²) >= 11 is 0. The van der Waals surface area contributed by atoms with E-state index in [1.54, 1.807) is 11.0 Å². The molecular formula is C16H15NO4. The molecule has 3 rings (SSSR count). The lowest BCUT2D eigenvalue weighted by molar-refractivity contribution is -0.154. The fraction of sp³-hybridized carbons (Fsp3) is 0.250. The van der Waals surface area contributed by atoms with Gasteiger partial charge in [-0.15, -0.1) is 0 Å². The van der Waals surface area contributed by atoms with Crippen molar-refractivity contribution in [3.05, 3.63) is 48.0 Å². The molecule has 5 nitrogen and oxygen atoms in total. The molecule has 2 aromatic carbocycles. The van der Waals surface area contributed by atoms with Crippen LogP contribution >= 0.6 is 0 Å². The summed E-state index contributed by atoms with van der Waals surface area (Å²) in [5.41, 5.74) is 0.596. The van der Waals surface area contributed by atoms with E-state index in [4.69, 9.17) is 9.84 Å². The molecule has 1 heterocycles. The maximum atomic E-state index is 12.7. The van der Waals surface area contributed by atoms with Gasteiger partial charge in [-0.05, 0) is 16.8 Å². The van der Waals surface area contributed by atoms with Crippen molar-refractivity contribution in [2.75, 3.05) is 19.7 Å². The van der Waals surface area contributed by atoms with Crippen molar-refractivity contribution in [1.29, 1.82) is 0 Å². The normalized spacial score (nSPS) is 18.7. The van der Waals surface area contributed by atoms with Crippen molar-refractivity contribution in [1.82, 2.24) is 4.90 Å². The van der Waals surface area contributed by atoms with E-state index >= 15 is 0 Å². The molecule has 2 aromatic rings. The number of hydrogen-bond donors (Lipinski definition) is 1. The Kier molecular flexibility index (Phi) is 3.58. The minimum Gasteiger partial charge on any atom is -0.479 e. The maximum Gasteiger partial charge on any atom is 0.334 e. The number of amides is 1. The molecule has 1 aliphatic heterocycles. The summed E-state index contributed by atoms with van der Waals surface area (Å²) in [6.07, 6.45) is -0.947. The molecule has 1 saturated heterocycles. The van der Waals surface area contributed by atoms with E-state index in [0.29, 0.717) is 12.1 Å². The lowest BCUT2D eigenvalue weighted by Gasteiger charge is -2.31. The molecule has 1 fully saturated rings. The SMILES string of the molecule is O=C(O)C1CN(C(=O)c2cccc3ccccc23)CCO1. The number of rotatable bonds is 2. The second-order valence-electron chi connectivity index (χ2n) is 4.98. The van der Waals surface area contributed by atoms with Crippen molar-refractivity contribution in [2.45, 2.75) is 6.10 Å². The second-order valence-corrected chi connectivity index (χ2v) is 4.98. The molecule has 0 aromatic heterocycles. The summed E-state index contributed by atoms with van der Waals surface area (Å²) in [6.45, 7) is 0.733. The van der Waals surface area contributed by atoms with Gasteiger partial charge in [-0.1, -0.05) is 36.4 Å². The molecule has 1 N–H and O–H groups in total. The number of hydrogen-bond acceptors (Lipinski definition) is 3. The molecule has 0 radical (unpaired) electrons. The molecule has 5 heteroatoms. The van der Waals surface area contributed by atoms with Gasteiger partial charge >= 0.3 is 5.97 Å². The van der Waals surface area contributed by atoms with Gasteiger partial charge in [0.15, 0.2) is 6.10 Å². The fourth-order valence-corrected chi connectivity index (χ4v) is 2.57. The van der Waals surface area contributed by atoms with Crippen molar-refractivity contribution in [3.8, 4) is 0 Å². The topological polar surface area (TPSA) is 66.8 Å². The molecule has 1 unspecified atom stereocenters. The average Bonchev–Trinajstić information content (AvgIpc) is 2.53. The van der Waals surface area contributed by atoms with Crippen LogP contribution in [-0.4, -0.2) is 47.7 Å². The molecule has 0 aliphatic carbocycles. The van der Waals surface area contributed by atoms with E-state index in [0.717, 1.165) is 10.8 Å². The monoisotopic (exact) mass is 285 g/mol. The predicted molar refractivity (Wildman–Crippen MR) is 77.2 cm³/mol. The molecule has 1 atom stereocenters. The van der Waals surface area contributed by atoms with E-state index in [9.17, 15) is 9.59 Å². The number of carbonyl (C=O) groups excluding carboxylic acids is 1. The Hall–Kier alpha value is -2.40. The van der Waals surface area contributed by atoms with Gasteiger partial charge < -0.3 is 14.7 Å². The third-order valence-corrected chi connectivity index (χ3v) is 3.65. The highest BCUT2D eigenvalue weighted by molar-refractivity contribution is 6.07. The van der Waals surface area contributed by atoms with Crippen LogP contribution in [0.4, 0.5) is 0 Å². The van der Waals surface area contributed by atoms with Crippen LogP contribution in [0.15, 0.2) is 42.5 Å². The lowest BCUT2D eigenvalue weighted by atomic mass is 10.0. The smallest absolute Gasteiger partial charge is 0.334 e. The van der Waals surface area contributed by atoms with Crippen LogP contribution < -0.4 is 0 Å². The molecule has 21 heavy (non-hydrogen) atoms. The van der Waals surface area contributed by atoms with Crippen molar-refractivity contribution in [2.24, 2.45) is 0 Å². The van der Waals surface area contributed by atoms with Crippen LogP contribution in [0, 0.1) is 0 Å². The van der Waals surface area contributed by atoms with Crippen LogP contribution in [0.5, 0.6) is 0 Å². The fourth-order valence-electron chi connectivity index (χ4n) is 2.57. The van der Waals surface area contributed by atoms with E-state index in [2.05, 4.69) is 0 Å². The van der Waals surface area contributed by atoms with E-state index in [-0.39, 0.29) is 19.1 Å². The summed E-state index contributed by atoms with van der Waals surface area (Å²) in [5.74, 6) is -1.19. The average molecular weight is 285 g/mol. The summed E-state index contributed by atoms with van der Waals surface area (Å²) < 4.78 is 5.15. The van der Waals surface area contributed by atoms with Gasteiger partial charge in [-0.25, -0.2) is 4.79 Å². The maximum absolute atomic E-state index is 12.7. The molecule has 1 amide bonds. The third kappa shape index (κ3) is 2.60. The van der Waals surface area contributed by atoms with Gasteiger partial charge in [0.1, 0.15) is 0 Å². The molecule has 0 spiro atoms. The van der Waals surface area contributed by atoms with Gasteiger partial charge in [0, 0.05) is 12.1 Å². The minimum atomic E-state index is -1.04. The standard InChI is InChI=1S/C16H15NO4/c18-15(17-8-9-21-14(10-17)16(19)20)13-7-3-5-11-4-1-2-6-12(11)13/h1-7,14H,8-10H2,(H,19,20). The number of carbonyl (C=O) groups is 2. The number of benzene rings is 2. The zero-order valence-electron chi connectivity index (χ0n) is 11.4. The van der Waals surface area contributed by atoms with Gasteiger partial charge in [0.05, 0.1) is 13.2 Å². The molecule has 0 bridgehead atoms. The van der Waals surface area contributed by atoms with Gasteiger partial charge in [0.25, 0.3) is 5.91 Å². The van der Waals surface area contributed by atoms with Crippen LogP contribution in [0.3, 0.4) is 0 Å². The Morgan fingerprint density at radius 3 is 2.71 bits per heavy atom. The van der Waals surface area contributed by atoms with Crippen LogP contribution in [-0.2, 0) is 9.53 Å². The van der Waals surface area contributed by atoms with E-state index in [1.807, 2.05) is 36.4 Å². The highest BCUT2D eigenvalue weighted by Gasteiger charge is 2.29. The van der Waals surface area contributed by atoms with Gasteiger partial charge in [-0.2, -0.15) is 0 Å². The third-order valence-electron chi connectivity index (χ3n) is 3.65. The van der Waals surface area contributed by atoms with Crippen LogP contribution in [0.25, 0.3) is 10.8 Å². The Balaban J connectivity index is 1.92. The van der Waals surface area contributed by atoms with Crippen molar-refractivity contribution >= 4 is 22.6 Å². The first-order chi connectivity index (χ1) is 10.2. The number of fused-ring (bicyclic) bond motifs is 1. The first-order valence-corrected chi connectivity index (χ1v) is 6.78. The van der Waals surface area contributed by atoms with Crippen LogP contribution in [0.2, 0.25) is 0 Å². The highest BCUT2D eigenvalue weighted by atomic mass is 16.5. The Morgan fingerprint density at radius 2 is 1.90 bits per heavy atom. The number of carboxylic acids is 1. The Bertz CT molecular complexity index is 692. The van der Waals surface area contributed by atoms with E-state index < -0.39 is 12.1 Å². The second kappa shape index (κ2) is 5.54. The number of carboxylic acid groups (broad SMARTS) is 1. The van der Waals surface area contributed by atoms with Gasteiger partial charge in [0.2, 0.25) is 0 Å². The quantitative estimate of drug-likeness (QED) is 0.913. The van der Waals surface area contributed by atoms with Gasteiger partial charge in [-0.3, -0.25) is 4.79 Å². The number of ether oxygens (including phenoxy) is 1. The summed E-state index contributed by atoms with van der Waals surface area (Å²) in [4.78, 5) is 25.2. The lowest BCUT2D eigenvalue weighted by Crippen LogP contribution is -2.48. The molecular weight excluding hydrogens is 270 g/mol. The molecule has 108 valence electrons. The number of nitrogens with zero attached hydrogens (tertiary/aromatic N) is 1. The minimum absolute atomic E-state index is 0.0807. The molecule has 1 aliphatic rings. The summed E-state index contributed by atoms with van der Waals surface area (Å²) in [6, 6.07) is 13.2. The first kappa shape index (κ1) is 13.6. The summed E-state index contributed by atoms with van der Waals surface area (Å²) in [5, 5.41) is 10.9. The zero-order chi connectivity index (χ0) is 14.8. The zero-order valence-corrected chi connectivity index (χ0v) is 11.4. The predicted octanol–water partition coefficient (Wildman–Crippen LogP) is 1.77. The number of aliphatic carboxylic acids is 1. The number of morpholine rings is 1. The molecule has 0 saturated carbocycles. The first-order valence-electron chi connectivity index (χ1n) is 6.78. The van der Waals surface area contributed by atoms with E-state index in [1.165, 1.54) is 0 Å². The Morgan fingerprint density at radius 1 is 1.14 bits per heavy atom.